The summed E-state index contributed by atoms with van der Waals surface area (Å²) in [5.74, 6) is 0.142. The van der Waals surface area contributed by atoms with Crippen LogP contribution in [0.15, 0.2) is 0 Å². The van der Waals surface area contributed by atoms with Gasteiger partial charge in [0.1, 0.15) is 0 Å². The zero-order valence-corrected chi connectivity index (χ0v) is 10.9. The monoisotopic (exact) mass is 254 g/mol. The van der Waals surface area contributed by atoms with Gasteiger partial charge < -0.3 is 15.3 Å². The third kappa shape index (κ3) is 3.37. The van der Waals surface area contributed by atoms with Crippen molar-refractivity contribution >= 4 is 12.0 Å². The van der Waals surface area contributed by atoms with E-state index in [1.807, 2.05) is 0 Å². The Morgan fingerprint density at radius 3 is 2.39 bits per heavy atom. The van der Waals surface area contributed by atoms with Gasteiger partial charge in [-0.15, -0.1) is 0 Å². The van der Waals surface area contributed by atoms with Gasteiger partial charge in [-0.1, -0.05) is 6.92 Å². The van der Waals surface area contributed by atoms with Gasteiger partial charge in [0, 0.05) is 25.0 Å². The SMILES string of the molecule is CC1CCC(NC(=O)N2CC(CC(=O)O)C2)CC1. The zero-order chi connectivity index (χ0) is 13.1. The molecule has 1 saturated heterocycles. The van der Waals surface area contributed by atoms with Crippen molar-refractivity contribution in [2.45, 2.75) is 45.1 Å². The molecule has 0 unspecified atom stereocenters. The van der Waals surface area contributed by atoms with Crippen LogP contribution in [-0.4, -0.2) is 41.1 Å². The van der Waals surface area contributed by atoms with Gasteiger partial charge in [0.25, 0.3) is 0 Å². The maximum absolute atomic E-state index is 11.9. The van der Waals surface area contributed by atoms with Crippen LogP contribution in [0.4, 0.5) is 4.79 Å². The van der Waals surface area contributed by atoms with Gasteiger partial charge in [-0.25, -0.2) is 4.79 Å². The Balaban J connectivity index is 1.66. The molecule has 2 rings (SSSR count). The van der Waals surface area contributed by atoms with Gasteiger partial charge in [0.15, 0.2) is 0 Å². The number of carbonyl (C=O) groups is 2. The molecular weight excluding hydrogens is 232 g/mol. The van der Waals surface area contributed by atoms with Crippen LogP contribution in [0.1, 0.15) is 39.0 Å². The molecule has 0 spiro atoms. The number of rotatable bonds is 3. The highest BCUT2D eigenvalue weighted by atomic mass is 16.4. The summed E-state index contributed by atoms with van der Waals surface area (Å²) in [4.78, 5) is 24.1. The number of amides is 2. The third-order valence-electron chi connectivity index (χ3n) is 4.05. The van der Waals surface area contributed by atoms with Crippen LogP contribution >= 0.6 is 0 Å². The van der Waals surface area contributed by atoms with Crippen molar-refractivity contribution in [2.24, 2.45) is 11.8 Å². The van der Waals surface area contributed by atoms with Crippen molar-refractivity contribution in [3.63, 3.8) is 0 Å². The fourth-order valence-corrected chi connectivity index (χ4v) is 2.78. The smallest absolute Gasteiger partial charge is 0.317 e. The number of carbonyl (C=O) groups excluding carboxylic acids is 1. The lowest BCUT2D eigenvalue weighted by Crippen LogP contribution is -2.56. The number of hydrogen-bond donors (Lipinski definition) is 2. The average Bonchev–Trinajstić information content (AvgIpc) is 2.25. The largest absolute Gasteiger partial charge is 0.481 e. The van der Waals surface area contributed by atoms with E-state index in [9.17, 15) is 9.59 Å². The van der Waals surface area contributed by atoms with Crippen LogP contribution in [0.3, 0.4) is 0 Å². The molecule has 1 aliphatic carbocycles. The summed E-state index contributed by atoms with van der Waals surface area (Å²) in [6.07, 6.45) is 4.68. The Bertz CT molecular complexity index is 318. The second-order valence-corrected chi connectivity index (χ2v) is 5.78. The van der Waals surface area contributed by atoms with Gasteiger partial charge in [0.05, 0.1) is 6.42 Å². The number of likely N-dealkylation sites (tertiary alicyclic amines) is 1. The summed E-state index contributed by atoms with van der Waals surface area (Å²) < 4.78 is 0. The molecule has 2 fully saturated rings. The molecule has 2 amide bonds. The quantitative estimate of drug-likeness (QED) is 0.805. The summed E-state index contributed by atoms with van der Waals surface area (Å²) in [6, 6.07) is 0.295. The molecule has 1 heterocycles. The van der Waals surface area contributed by atoms with Crippen molar-refractivity contribution in [1.29, 1.82) is 0 Å². The van der Waals surface area contributed by atoms with E-state index in [0.29, 0.717) is 19.1 Å². The van der Waals surface area contributed by atoms with Crippen LogP contribution in [-0.2, 0) is 4.79 Å². The van der Waals surface area contributed by atoms with Gasteiger partial charge in [-0.2, -0.15) is 0 Å². The molecule has 0 aromatic heterocycles. The Labute approximate surface area is 108 Å². The summed E-state index contributed by atoms with van der Waals surface area (Å²) in [5.41, 5.74) is 0. The zero-order valence-electron chi connectivity index (χ0n) is 10.9. The molecule has 0 bridgehead atoms. The van der Waals surface area contributed by atoms with E-state index in [1.165, 1.54) is 12.8 Å². The standard InChI is InChI=1S/C13H22N2O3/c1-9-2-4-11(5-3-9)14-13(18)15-7-10(8-15)6-12(16)17/h9-11H,2-8H2,1H3,(H,14,18)(H,16,17). The second kappa shape index (κ2) is 5.59. The Kier molecular flexibility index (Phi) is 4.09. The number of hydrogen-bond acceptors (Lipinski definition) is 2. The number of urea groups is 1. The maximum atomic E-state index is 11.9. The normalized spacial score (nSPS) is 28.6. The molecule has 0 aromatic rings. The molecule has 18 heavy (non-hydrogen) atoms. The minimum Gasteiger partial charge on any atom is -0.481 e. The van der Waals surface area contributed by atoms with Crippen molar-refractivity contribution in [1.82, 2.24) is 10.2 Å². The van der Waals surface area contributed by atoms with Crippen molar-refractivity contribution in [3.8, 4) is 0 Å². The van der Waals surface area contributed by atoms with Crippen LogP contribution in [0.2, 0.25) is 0 Å². The fraction of sp³-hybridized carbons (Fsp3) is 0.846. The van der Waals surface area contributed by atoms with Gasteiger partial charge in [0.2, 0.25) is 0 Å². The van der Waals surface area contributed by atoms with Crippen LogP contribution in [0.5, 0.6) is 0 Å². The van der Waals surface area contributed by atoms with E-state index in [2.05, 4.69) is 12.2 Å². The van der Waals surface area contributed by atoms with E-state index >= 15 is 0 Å². The van der Waals surface area contributed by atoms with Crippen LogP contribution < -0.4 is 5.32 Å². The molecular formula is C13H22N2O3. The molecule has 0 radical (unpaired) electrons. The molecule has 1 saturated carbocycles. The molecule has 5 nitrogen and oxygen atoms in total. The fourth-order valence-electron chi connectivity index (χ4n) is 2.78. The van der Waals surface area contributed by atoms with E-state index in [4.69, 9.17) is 5.11 Å². The predicted molar refractivity (Wildman–Crippen MR) is 67.3 cm³/mol. The number of aliphatic carboxylic acids is 1. The van der Waals surface area contributed by atoms with Crippen LogP contribution in [0, 0.1) is 11.8 Å². The predicted octanol–water partition coefficient (Wildman–Crippen LogP) is 1.68. The van der Waals surface area contributed by atoms with E-state index in [1.54, 1.807) is 4.90 Å². The van der Waals surface area contributed by atoms with Gasteiger partial charge in [-0.3, -0.25) is 4.79 Å². The lowest BCUT2D eigenvalue weighted by Gasteiger charge is -2.40. The first-order valence-corrected chi connectivity index (χ1v) is 6.82. The first-order chi connectivity index (χ1) is 8.54. The molecule has 102 valence electrons. The molecule has 2 aliphatic rings. The van der Waals surface area contributed by atoms with E-state index in [0.717, 1.165) is 18.8 Å². The first-order valence-electron chi connectivity index (χ1n) is 6.82. The molecule has 5 heteroatoms. The number of nitrogens with one attached hydrogen (secondary N) is 1. The number of nitrogens with zero attached hydrogens (tertiary/aromatic N) is 1. The lowest BCUT2D eigenvalue weighted by molar-refractivity contribution is -0.139. The van der Waals surface area contributed by atoms with Gasteiger partial charge in [-0.05, 0) is 31.6 Å². The van der Waals surface area contributed by atoms with Crippen molar-refractivity contribution < 1.29 is 14.7 Å². The highest BCUT2D eigenvalue weighted by Gasteiger charge is 2.33. The summed E-state index contributed by atoms with van der Waals surface area (Å²) in [5, 5.41) is 11.7. The topological polar surface area (TPSA) is 69.6 Å². The van der Waals surface area contributed by atoms with Crippen molar-refractivity contribution in [3.05, 3.63) is 0 Å². The summed E-state index contributed by atoms with van der Waals surface area (Å²) in [7, 11) is 0. The number of carboxylic acids is 1. The van der Waals surface area contributed by atoms with Gasteiger partial charge >= 0.3 is 12.0 Å². The minimum atomic E-state index is -0.777. The summed E-state index contributed by atoms with van der Waals surface area (Å²) >= 11 is 0. The summed E-state index contributed by atoms with van der Waals surface area (Å²) in [6.45, 7) is 3.42. The van der Waals surface area contributed by atoms with E-state index < -0.39 is 5.97 Å². The number of carboxylic acid groups (broad SMARTS) is 1. The molecule has 2 N–H and O–H groups in total. The molecule has 0 aromatic carbocycles. The highest BCUT2D eigenvalue weighted by molar-refractivity contribution is 5.76. The molecule has 0 atom stereocenters. The molecule has 1 aliphatic heterocycles. The Morgan fingerprint density at radius 1 is 1.22 bits per heavy atom. The van der Waals surface area contributed by atoms with E-state index in [-0.39, 0.29) is 18.4 Å². The Morgan fingerprint density at radius 2 is 1.83 bits per heavy atom. The Hall–Kier alpha value is -1.26. The average molecular weight is 254 g/mol. The first kappa shape index (κ1) is 13.2. The third-order valence-corrected chi connectivity index (χ3v) is 4.05. The minimum absolute atomic E-state index is 0.0174. The lowest BCUT2D eigenvalue weighted by atomic mass is 9.87. The van der Waals surface area contributed by atoms with Crippen LogP contribution in [0.25, 0.3) is 0 Å². The maximum Gasteiger partial charge on any atom is 0.317 e. The highest BCUT2D eigenvalue weighted by Crippen LogP contribution is 2.24. The second-order valence-electron chi connectivity index (χ2n) is 5.78. The van der Waals surface area contributed by atoms with Crippen molar-refractivity contribution in [2.75, 3.05) is 13.1 Å².